The summed E-state index contributed by atoms with van der Waals surface area (Å²) in [5.41, 5.74) is 1.47. The van der Waals surface area contributed by atoms with E-state index in [9.17, 15) is 8.22 Å². The fraction of sp³-hybridized carbons (Fsp3) is 0.380. The number of hydrogen-bond acceptors (Lipinski definition) is 3. The second-order valence-corrected chi connectivity index (χ2v) is 18.7. The molecule has 4 heterocycles. The maximum absolute atomic E-state index is 9.45. The number of nitrogens with zero attached hydrogens (tertiary/aromatic N) is 5. The number of fused-ring (bicyclic) bond motifs is 3. The summed E-state index contributed by atoms with van der Waals surface area (Å²) in [6.07, 6.45) is 2.63. The molecule has 57 heavy (non-hydrogen) atoms. The summed E-state index contributed by atoms with van der Waals surface area (Å²) in [7, 11) is 0. The van der Waals surface area contributed by atoms with Gasteiger partial charge in [0.1, 0.15) is 5.82 Å². The number of ether oxygens (including phenoxy) is 1. The van der Waals surface area contributed by atoms with Crippen LogP contribution in [0.1, 0.15) is 114 Å². The van der Waals surface area contributed by atoms with Gasteiger partial charge in [0.2, 0.25) is 0 Å². The zero-order valence-electron chi connectivity index (χ0n) is 41.1. The maximum Gasteiger partial charge on any atom is 0.269 e. The second-order valence-electron chi connectivity index (χ2n) is 18.7. The van der Waals surface area contributed by atoms with Crippen molar-refractivity contribution in [3.05, 3.63) is 132 Å². The monoisotopic (exact) mass is 944 g/mol. The molecule has 300 valence electrons. The van der Waals surface area contributed by atoms with Gasteiger partial charge in [-0.2, -0.15) is 18.2 Å². The van der Waals surface area contributed by atoms with E-state index in [4.69, 9.17) is 9.72 Å². The van der Waals surface area contributed by atoms with Crippen molar-refractivity contribution >= 4 is 21.8 Å². The molecule has 7 heteroatoms. The van der Waals surface area contributed by atoms with Gasteiger partial charge in [-0.1, -0.05) is 130 Å². The molecule has 0 spiro atoms. The Bertz CT molecular complexity index is 2770. The molecule has 0 aliphatic heterocycles. The SMILES string of the molecule is [2H]C([2H])(c1cc(-[n+]2[c-]n(-c3[c-]c(Oc4[c-]c5c(cc4)c4ccccc4n5-c4cc(C(C)(C)C)ccn4)ccn3)cc2C([2H])([2H])C(C)(C)C)cc(C([2H])([2H])C(C)(C)C)c1)C(C)(C)C.[Pt]. The van der Waals surface area contributed by atoms with Gasteiger partial charge in [0.15, 0.2) is 0 Å². The minimum atomic E-state index is -1.95. The maximum atomic E-state index is 9.45. The van der Waals surface area contributed by atoms with E-state index in [1.54, 1.807) is 45.8 Å². The smallest absolute Gasteiger partial charge is 0.269 e. The number of rotatable bonds is 8. The van der Waals surface area contributed by atoms with Crippen molar-refractivity contribution in [1.82, 2.24) is 19.1 Å². The standard InChI is InChI=1S/C50H57N5O.Pt/c1-47(2,3)29-34-23-35(30-48(4,5)6)25-37(24-34)54-33-53(32-38(54)31-49(7,8)9)45-28-40(20-22-51-45)56-39-17-18-42-41-15-13-14-16-43(41)55(44(42)27-39)46-26-36(19-21-52-46)50(10,11)12;/h13-26,32H,29-31H2,1-12H3;/q-2;/i29D2,30D2,31D2;. The third kappa shape index (κ3) is 9.95. The molecule has 0 radical (unpaired) electrons. The van der Waals surface area contributed by atoms with Gasteiger partial charge in [0.05, 0.1) is 17.2 Å². The average molecular weight is 945 g/mol. The Hall–Kier alpha value is -4.54. The summed E-state index contributed by atoms with van der Waals surface area (Å²) in [5, 5.41) is 2.07. The van der Waals surface area contributed by atoms with E-state index < -0.39 is 35.4 Å². The minimum Gasteiger partial charge on any atom is -0.522 e. The van der Waals surface area contributed by atoms with Crippen molar-refractivity contribution in [2.45, 2.75) is 108 Å². The summed E-state index contributed by atoms with van der Waals surface area (Å²) in [6.45, 7) is 22.9. The third-order valence-electron chi connectivity index (χ3n) is 8.92. The summed E-state index contributed by atoms with van der Waals surface area (Å²) in [4.78, 5) is 9.39. The zero-order chi connectivity index (χ0) is 45.6. The average Bonchev–Trinajstić information content (AvgIpc) is 3.77. The van der Waals surface area contributed by atoms with Crippen molar-refractivity contribution in [2.75, 3.05) is 0 Å². The van der Waals surface area contributed by atoms with Crippen molar-refractivity contribution < 1.29 is 38.6 Å². The van der Waals surface area contributed by atoms with Gasteiger partial charge < -0.3 is 9.30 Å². The number of pyridine rings is 2. The van der Waals surface area contributed by atoms with Gasteiger partial charge in [-0.05, 0) is 87.8 Å². The Kier molecular flexibility index (Phi) is 9.48. The molecule has 0 amide bonds. The van der Waals surface area contributed by atoms with Crippen LogP contribution in [-0.2, 0) is 45.6 Å². The molecule has 0 fully saturated rings. The quantitative estimate of drug-likeness (QED) is 0.113. The van der Waals surface area contributed by atoms with E-state index in [2.05, 4.69) is 67.0 Å². The van der Waals surface area contributed by atoms with Gasteiger partial charge in [0.25, 0.3) is 6.33 Å². The van der Waals surface area contributed by atoms with Gasteiger partial charge >= 0.3 is 0 Å². The third-order valence-corrected chi connectivity index (χ3v) is 8.92. The zero-order valence-corrected chi connectivity index (χ0v) is 37.4. The number of para-hydroxylation sites is 1. The Morgan fingerprint density at radius 2 is 1.32 bits per heavy atom. The Balaban J connectivity index is 0.00000661. The predicted molar refractivity (Wildman–Crippen MR) is 228 cm³/mol. The molecule has 7 rings (SSSR count). The van der Waals surface area contributed by atoms with Gasteiger partial charge in [-0.15, -0.1) is 17.5 Å². The van der Waals surface area contributed by atoms with E-state index in [1.165, 1.54) is 0 Å². The Morgan fingerprint density at radius 3 is 1.96 bits per heavy atom. The van der Waals surface area contributed by atoms with E-state index in [-0.39, 0.29) is 49.1 Å². The van der Waals surface area contributed by atoms with Gasteiger partial charge in [-0.25, -0.2) is 4.98 Å². The molecule has 6 nitrogen and oxygen atoms in total. The first-order valence-electron chi connectivity index (χ1n) is 22.2. The molecular weight excluding hydrogens is 882 g/mol. The summed E-state index contributed by atoms with van der Waals surface area (Å²) < 4.78 is 67.5. The minimum absolute atomic E-state index is 0. The Labute approximate surface area is 363 Å². The topological polar surface area (TPSA) is 48.8 Å². The summed E-state index contributed by atoms with van der Waals surface area (Å²) >= 11 is 0. The fourth-order valence-electron chi connectivity index (χ4n) is 6.74. The van der Waals surface area contributed by atoms with Crippen LogP contribution < -0.4 is 9.30 Å². The van der Waals surface area contributed by atoms with Gasteiger partial charge in [-0.3, -0.25) is 14.1 Å². The Morgan fingerprint density at radius 1 is 0.684 bits per heavy atom. The number of imidazole rings is 1. The molecular formula is C50H57N5OPt-2. The molecule has 0 N–H and O–H groups in total. The van der Waals surface area contributed by atoms with Crippen LogP contribution in [0.15, 0.2) is 91.4 Å². The number of hydrogen-bond donors (Lipinski definition) is 0. The molecule has 0 atom stereocenters. The summed E-state index contributed by atoms with van der Waals surface area (Å²) in [5.74, 6) is 1.84. The predicted octanol–water partition coefficient (Wildman–Crippen LogP) is 11.9. The number of benzene rings is 3. The molecule has 0 aliphatic rings. The largest absolute Gasteiger partial charge is 0.522 e. The van der Waals surface area contributed by atoms with Crippen LogP contribution >= 0.6 is 0 Å². The van der Waals surface area contributed by atoms with E-state index in [0.717, 1.165) is 33.2 Å². The molecule has 0 aliphatic carbocycles. The second kappa shape index (κ2) is 15.7. The first kappa shape index (κ1) is 34.5. The first-order chi connectivity index (χ1) is 28.5. The van der Waals surface area contributed by atoms with E-state index in [0.29, 0.717) is 17.2 Å². The van der Waals surface area contributed by atoms with Crippen LogP contribution in [0.3, 0.4) is 0 Å². The fourth-order valence-corrected chi connectivity index (χ4v) is 6.74. The van der Waals surface area contributed by atoms with Crippen LogP contribution in [0.4, 0.5) is 0 Å². The van der Waals surface area contributed by atoms with E-state index >= 15 is 0 Å². The van der Waals surface area contributed by atoms with Crippen molar-refractivity contribution in [1.29, 1.82) is 0 Å². The van der Waals surface area contributed by atoms with Crippen LogP contribution in [0.5, 0.6) is 11.5 Å². The first-order valence-corrected chi connectivity index (χ1v) is 19.2. The van der Waals surface area contributed by atoms with Crippen molar-refractivity contribution in [3.8, 4) is 28.8 Å². The van der Waals surface area contributed by atoms with Crippen LogP contribution in [-0.4, -0.2) is 19.1 Å². The van der Waals surface area contributed by atoms with E-state index in [1.807, 2.05) is 98.8 Å². The van der Waals surface area contributed by atoms with Crippen LogP contribution in [0.2, 0.25) is 0 Å². The molecule has 3 aromatic carbocycles. The van der Waals surface area contributed by atoms with Crippen molar-refractivity contribution in [2.24, 2.45) is 16.2 Å². The molecule has 0 unspecified atom stereocenters. The molecule has 7 aromatic rings. The number of aromatic nitrogens is 5. The molecule has 0 saturated heterocycles. The normalized spacial score (nSPS) is 14.9. The van der Waals surface area contributed by atoms with Crippen LogP contribution in [0.25, 0.3) is 39.1 Å². The summed E-state index contributed by atoms with van der Waals surface area (Å²) in [6, 6.07) is 29.7. The molecule has 0 bridgehead atoms. The van der Waals surface area contributed by atoms with Gasteiger partial charge in [0, 0.05) is 52.9 Å². The van der Waals surface area contributed by atoms with Crippen molar-refractivity contribution in [3.63, 3.8) is 0 Å². The molecule has 0 saturated carbocycles. The van der Waals surface area contributed by atoms with Crippen LogP contribution in [0, 0.1) is 34.7 Å². The molecule has 4 aromatic heterocycles.